The maximum atomic E-state index is 15.0. The summed E-state index contributed by atoms with van der Waals surface area (Å²) in [5, 5.41) is 103. The van der Waals surface area contributed by atoms with Crippen molar-refractivity contribution < 1.29 is 96.5 Å². The number of aryl methyl sites for hydroxylation is 4. The Morgan fingerprint density at radius 2 is 0.543 bits per heavy atom. The molecular formula is C100H104F4N20O16. The number of rotatable bonds is 20. The summed E-state index contributed by atoms with van der Waals surface area (Å²) in [6.45, 7) is 5.82. The number of aromatic nitrogens is 16. The van der Waals surface area contributed by atoms with Crippen molar-refractivity contribution in [3.8, 4) is 92.9 Å². The van der Waals surface area contributed by atoms with Gasteiger partial charge in [0.2, 0.25) is 0 Å². The van der Waals surface area contributed by atoms with Crippen molar-refractivity contribution in [2.45, 2.75) is 174 Å². The average molecular weight is 1920 g/mol. The lowest BCUT2D eigenvalue weighted by Gasteiger charge is -2.36. The van der Waals surface area contributed by atoms with Crippen molar-refractivity contribution >= 4 is 23.6 Å². The molecule has 4 amide bonds. The molecule has 4 saturated carbocycles. The van der Waals surface area contributed by atoms with Crippen molar-refractivity contribution in [1.82, 2.24) is 77.3 Å². The van der Waals surface area contributed by atoms with E-state index >= 15 is 17.6 Å². The smallest absolute Gasteiger partial charge is 0.269 e. The first kappa shape index (κ1) is 97.6. The summed E-state index contributed by atoms with van der Waals surface area (Å²) in [5.41, 5.74) is 25.8. The highest BCUT2D eigenvalue weighted by Crippen LogP contribution is 2.59. The molecule has 24 rings (SSSR count). The zero-order valence-electron chi connectivity index (χ0n) is 78.5. The van der Waals surface area contributed by atoms with Gasteiger partial charge in [-0.05, 0) is 198 Å². The van der Waals surface area contributed by atoms with Gasteiger partial charge in [-0.1, -0.05) is 47.4 Å². The number of carbonyl (C=O) groups is 4. The van der Waals surface area contributed by atoms with Gasteiger partial charge in [0.15, 0.2) is 22.8 Å². The first-order chi connectivity index (χ1) is 66.4. The Labute approximate surface area is 799 Å². The molecule has 40 heteroatoms. The van der Waals surface area contributed by atoms with Crippen LogP contribution < -0.4 is 22.9 Å². The lowest BCUT2D eigenvalue weighted by atomic mass is 9.75. The number of hydrogen-bond donors (Lipinski definition) is 12. The predicted molar refractivity (Wildman–Crippen MR) is 495 cm³/mol. The number of imidazole rings is 4. The van der Waals surface area contributed by atoms with Gasteiger partial charge in [-0.2, -0.15) is 20.4 Å². The third-order valence-corrected chi connectivity index (χ3v) is 27.1. The van der Waals surface area contributed by atoms with Crippen LogP contribution in [0.1, 0.15) is 283 Å². The van der Waals surface area contributed by atoms with Gasteiger partial charge in [-0.25, -0.2) is 37.5 Å². The van der Waals surface area contributed by atoms with Crippen LogP contribution in [0.15, 0.2) is 97.6 Å². The van der Waals surface area contributed by atoms with Gasteiger partial charge < -0.3 is 101 Å². The van der Waals surface area contributed by atoms with Crippen LogP contribution in [-0.4, -0.2) is 219 Å². The fraction of sp³-hybridized carbons (Fsp3) is 0.400. The molecule has 16 heterocycles. The number of aliphatic hydroxyl groups is 8. The van der Waals surface area contributed by atoms with Crippen LogP contribution in [0.25, 0.3) is 45.6 Å². The second kappa shape index (κ2) is 37.6. The Kier molecular flexibility index (Phi) is 26.2. The molecule has 12 aromatic rings. The lowest BCUT2D eigenvalue weighted by Crippen LogP contribution is -2.27. The molecule has 0 spiro atoms. The Balaban J connectivity index is 0.000000129. The van der Waals surface area contributed by atoms with Crippen LogP contribution in [0.2, 0.25) is 0 Å². The summed E-state index contributed by atoms with van der Waals surface area (Å²) in [6, 6.07) is 18.7. The molecule has 8 aromatic heterocycles. The molecule has 4 aromatic carbocycles. The maximum Gasteiger partial charge on any atom is 0.269 e. The van der Waals surface area contributed by atoms with E-state index in [1.165, 1.54) is 99.1 Å². The number of nitrogens with zero attached hydrogens (tertiary/aromatic N) is 16. The summed E-state index contributed by atoms with van der Waals surface area (Å²) in [6.07, 6.45) is 7.22. The van der Waals surface area contributed by atoms with E-state index < -0.39 is 93.7 Å². The summed E-state index contributed by atoms with van der Waals surface area (Å²) < 4.78 is 93.6. The Morgan fingerprint density at radius 3 is 0.700 bits per heavy atom. The minimum Gasteiger partial charge on any atom is -0.381 e. The van der Waals surface area contributed by atoms with Gasteiger partial charge in [0.05, 0.1) is 94.2 Å². The SMILES string of the molecule is COC[C@@](C)(O)C#Cc1cc2c(cc1F)C1CC(C1)n1c-2nc(C(N)=O)c1[C@@H](O)c1ccnn1C.COC[C@@](C)(O)C#Cc1cc2c(cc1F)C1CC(C1)n1c-2nc(C(N)=O)c1[C@H](O)c1ccnn1C.COC[C@](C)(O)C#Cc1cc2c(cc1F)C1CC(C1)n1c-2nc(C(N)=O)c1[C@@H](O)c1ccnn1C.COC[C@](C)(O)C#Cc1cc2c(cc1F)C1CC(C1)n1c-2nc(C(N)=O)c1[C@H](O)c1ccnn1C. The van der Waals surface area contributed by atoms with E-state index in [1.54, 1.807) is 102 Å². The highest BCUT2D eigenvalue weighted by Gasteiger charge is 2.49. The first-order valence-electron chi connectivity index (χ1n) is 45.1. The van der Waals surface area contributed by atoms with E-state index in [1.807, 2.05) is 18.3 Å². The number of nitrogens with two attached hydrogens (primary N) is 4. The number of carbonyl (C=O) groups excluding carboxylic acids is 4. The van der Waals surface area contributed by atoms with Crippen LogP contribution in [0.3, 0.4) is 0 Å². The zero-order valence-corrected chi connectivity index (χ0v) is 78.5. The van der Waals surface area contributed by atoms with Crippen LogP contribution in [0.5, 0.6) is 0 Å². The number of hydrogen-bond acceptors (Lipinski definition) is 24. The van der Waals surface area contributed by atoms with Crippen molar-refractivity contribution in [3.05, 3.63) is 234 Å². The standard InChI is InChI=1S/4C25H26FN5O4/c4*1-25(34,12-35-3)6-4-13-10-17-16(11-18(13)26)14-8-15(9-14)31-21(20(23(27)33)29-24(17)31)22(32)19-5-7-28-30(19)2/h4*5,7,10-11,14-15,22,32,34H,8-9,12H2,1-3H3,(H2,27,33)/t2*14?,15?,22-,25+;2*14?,15?,22-,25-/m1010/s1. The largest absolute Gasteiger partial charge is 0.381 e. The average Bonchev–Trinajstić information content (AvgIpc) is 1.58. The molecule has 0 unspecified atom stereocenters. The van der Waals surface area contributed by atoms with Gasteiger partial charge in [0, 0.05) is 128 Å². The highest BCUT2D eigenvalue weighted by atomic mass is 19.1. The van der Waals surface area contributed by atoms with Gasteiger partial charge in [0.1, 0.15) is 93.4 Å². The van der Waals surface area contributed by atoms with Crippen molar-refractivity contribution in [3.63, 3.8) is 0 Å². The molecule has 0 radical (unpaired) electrons. The van der Waals surface area contributed by atoms with E-state index in [9.17, 15) is 60.0 Å². The highest BCUT2D eigenvalue weighted by molar-refractivity contribution is 5.96. The molecule has 4 aliphatic carbocycles. The fourth-order valence-corrected chi connectivity index (χ4v) is 20.1. The maximum absolute atomic E-state index is 15.0. The monoisotopic (exact) mass is 1920 g/mol. The number of aliphatic hydroxyl groups excluding tert-OH is 4. The minimum absolute atomic E-state index is 0.0269. The minimum atomic E-state index is -1.45. The number of benzene rings is 4. The molecule has 16 N–H and O–H groups in total. The van der Waals surface area contributed by atoms with Gasteiger partial charge in [-0.3, -0.25) is 37.9 Å². The molecule has 12 aliphatic rings. The van der Waals surface area contributed by atoms with Crippen LogP contribution in [0, 0.1) is 70.6 Å². The number of ether oxygens (including phenoxy) is 4. The van der Waals surface area contributed by atoms with Crippen molar-refractivity contribution in [2.75, 3.05) is 54.9 Å². The van der Waals surface area contributed by atoms with E-state index in [-0.39, 0.29) is 119 Å². The Hall–Kier alpha value is -14.1. The van der Waals surface area contributed by atoms with E-state index in [0.717, 1.165) is 22.3 Å². The topological polar surface area (TPSA) is 514 Å². The van der Waals surface area contributed by atoms with Crippen LogP contribution >= 0.6 is 0 Å². The number of primary amides is 4. The first-order valence-corrected chi connectivity index (χ1v) is 45.1. The third-order valence-electron chi connectivity index (χ3n) is 27.1. The molecule has 8 atom stereocenters. The molecule has 8 aliphatic heterocycles. The second-order valence-corrected chi connectivity index (χ2v) is 37.5. The van der Waals surface area contributed by atoms with E-state index in [0.29, 0.717) is 142 Å². The second-order valence-electron chi connectivity index (χ2n) is 37.5. The molecule has 36 nitrogen and oxygen atoms in total. The lowest BCUT2D eigenvalue weighted by molar-refractivity contribution is 0.0272. The molecule has 8 bridgehead atoms. The quantitative estimate of drug-likeness (QED) is 0.0266. The van der Waals surface area contributed by atoms with E-state index in [2.05, 4.69) is 87.7 Å². The normalized spacial score (nSPS) is 20.4. The zero-order chi connectivity index (χ0) is 100. The van der Waals surface area contributed by atoms with Crippen LogP contribution in [-0.2, 0) is 47.1 Å². The van der Waals surface area contributed by atoms with E-state index in [4.69, 9.17) is 41.9 Å². The van der Waals surface area contributed by atoms with Crippen molar-refractivity contribution in [2.24, 2.45) is 51.1 Å². The molecule has 140 heavy (non-hydrogen) atoms. The summed E-state index contributed by atoms with van der Waals surface area (Å²) in [4.78, 5) is 67.8. The van der Waals surface area contributed by atoms with Gasteiger partial charge in [0.25, 0.3) is 23.6 Å². The molecule has 0 saturated heterocycles. The van der Waals surface area contributed by atoms with Crippen LogP contribution in [0.4, 0.5) is 17.6 Å². The number of methoxy groups -OCH3 is 4. The van der Waals surface area contributed by atoms with Gasteiger partial charge >= 0.3 is 0 Å². The summed E-state index contributed by atoms with van der Waals surface area (Å²) >= 11 is 0. The Morgan fingerprint density at radius 1 is 0.357 bits per heavy atom. The number of amides is 4. The third kappa shape index (κ3) is 18.1. The molecule has 4 fully saturated rings. The number of halogens is 4. The predicted octanol–water partition coefficient (Wildman–Crippen LogP) is 7.14. The fourth-order valence-electron chi connectivity index (χ4n) is 20.1. The summed E-state index contributed by atoms with van der Waals surface area (Å²) in [5.74, 6) is 18.6. The van der Waals surface area contributed by atoms with Gasteiger partial charge in [-0.15, -0.1) is 0 Å². The Bertz CT molecular complexity index is 6410. The van der Waals surface area contributed by atoms with Crippen molar-refractivity contribution in [1.29, 1.82) is 0 Å². The summed E-state index contributed by atoms with van der Waals surface area (Å²) in [7, 11) is 12.6. The molecule has 728 valence electrons. The molecular weight excluding hydrogens is 1810 g/mol.